The first-order valence-electron chi connectivity index (χ1n) is 7.53. The highest BCUT2D eigenvalue weighted by molar-refractivity contribution is 8.00. The van der Waals surface area contributed by atoms with Gasteiger partial charge in [0.2, 0.25) is 0 Å². The molecule has 0 atom stereocenters. The number of nitrogens with one attached hydrogen (secondary N) is 1. The zero-order valence-electron chi connectivity index (χ0n) is 12.5. The Morgan fingerprint density at radius 3 is 2.58 bits per heavy atom. The standard InChI is InChI=1S/C17H27NS/c1-17(2,3)18-13-14-8-7-11-16(12-14)19-15-9-5-4-6-10-15/h7-8,11-12,15,18H,4-6,9-10,13H2,1-3H3. The topological polar surface area (TPSA) is 12.0 Å². The highest BCUT2D eigenvalue weighted by Gasteiger charge is 2.15. The molecule has 0 amide bonds. The Balaban J connectivity index is 1.90. The summed E-state index contributed by atoms with van der Waals surface area (Å²) in [5.41, 5.74) is 1.59. The molecule has 1 fully saturated rings. The molecule has 0 saturated heterocycles. The quantitative estimate of drug-likeness (QED) is 0.831. The van der Waals surface area contributed by atoms with Crippen molar-refractivity contribution in [3.63, 3.8) is 0 Å². The SMILES string of the molecule is CC(C)(C)NCc1cccc(SC2CCCCC2)c1. The Kier molecular flexibility index (Phi) is 5.35. The molecule has 1 nitrogen and oxygen atoms in total. The van der Waals surface area contributed by atoms with E-state index in [2.05, 4.69) is 62.1 Å². The third-order valence-electron chi connectivity index (χ3n) is 3.58. The van der Waals surface area contributed by atoms with Crippen molar-refractivity contribution < 1.29 is 0 Å². The minimum atomic E-state index is 0.187. The highest BCUT2D eigenvalue weighted by Crippen LogP contribution is 2.33. The lowest BCUT2D eigenvalue weighted by Crippen LogP contribution is -2.35. The van der Waals surface area contributed by atoms with E-state index in [1.54, 1.807) is 0 Å². The van der Waals surface area contributed by atoms with Crippen molar-refractivity contribution >= 4 is 11.8 Å². The van der Waals surface area contributed by atoms with Gasteiger partial charge in [-0.05, 0) is 51.3 Å². The van der Waals surface area contributed by atoms with E-state index in [9.17, 15) is 0 Å². The van der Waals surface area contributed by atoms with E-state index in [1.165, 1.54) is 42.6 Å². The molecular weight excluding hydrogens is 250 g/mol. The van der Waals surface area contributed by atoms with Crippen LogP contribution in [0.2, 0.25) is 0 Å². The molecule has 1 aliphatic rings. The van der Waals surface area contributed by atoms with Crippen molar-refractivity contribution in [2.75, 3.05) is 0 Å². The van der Waals surface area contributed by atoms with Crippen molar-refractivity contribution in [3.05, 3.63) is 29.8 Å². The summed E-state index contributed by atoms with van der Waals surface area (Å²) in [6, 6.07) is 9.05. The Morgan fingerprint density at radius 1 is 1.16 bits per heavy atom. The fourth-order valence-corrected chi connectivity index (χ4v) is 3.80. The van der Waals surface area contributed by atoms with E-state index >= 15 is 0 Å². The van der Waals surface area contributed by atoms with Gasteiger partial charge in [0.1, 0.15) is 0 Å². The summed E-state index contributed by atoms with van der Waals surface area (Å²) in [5, 5.41) is 4.41. The fourth-order valence-electron chi connectivity index (χ4n) is 2.47. The van der Waals surface area contributed by atoms with Crippen LogP contribution in [0.5, 0.6) is 0 Å². The summed E-state index contributed by atoms with van der Waals surface area (Å²) >= 11 is 2.08. The van der Waals surface area contributed by atoms with Crippen LogP contribution in [0.25, 0.3) is 0 Å². The smallest absolute Gasteiger partial charge is 0.0210 e. The van der Waals surface area contributed by atoms with Crippen LogP contribution in [0.3, 0.4) is 0 Å². The van der Waals surface area contributed by atoms with Crippen molar-refractivity contribution in [1.82, 2.24) is 5.32 Å². The summed E-state index contributed by atoms with van der Waals surface area (Å²) in [6.45, 7) is 7.61. The molecule has 19 heavy (non-hydrogen) atoms. The van der Waals surface area contributed by atoms with Gasteiger partial charge in [0.05, 0.1) is 0 Å². The molecule has 2 heteroatoms. The van der Waals surface area contributed by atoms with Crippen LogP contribution in [-0.2, 0) is 6.54 Å². The van der Waals surface area contributed by atoms with E-state index < -0.39 is 0 Å². The zero-order chi connectivity index (χ0) is 13.7. The van der Waals surface area contributed by atoms with E-state index in [0.29, 0.717) is 0 Å². The second-order valence-corrected chi connectivity index (χ2v) is 8.00. The van der Waals surface area contributed by atoms with Crippen LogP contribution in [-0.4, -0.2) is 10.8 Å². The predicted octanol–water partition coefficient (Wildman–Crippen LogP) is 5.00. The number of thioether (sulfide) groups is 1. The van der Waals surface area contributed by atoms with Crippen LogP contribution in [0.1, 0.15) is 58.4 Å². The summed E-state index contributed by atoms with van der Waals surface area (Å²) in [7, 11) is 0. The minimum Gasteiger partial charge on any atom is -0.308 e. The maximum atomic E-state index is 3.56. The third kappa shape index (κ3) is 5.58. The summed E-state index contributed by atoms with van der Waals surface area (Å²) in [4.78, 5) is 1.44. The van der Waals surface area contributed by atoms with Gasteiger partial charge in [-0.3, -0.25) is 0 Å². The Bertz CT molecular complexity index is 388. The first-order chi connectivity index (χ1) is 9.03. The molecular formula is C17H27NS. The van der Waals surface area contributed by atoms with E-state index in [0.717, 1.165) is 11.8 Å². The maximum absolute atomic E-state index is 3.56. The van der Waals surface area contributed by atoms with Gasteiger partial charge in [-0.2, -0.15) is 0 Å². The first kappa shape index (κ1) is 14.9. The lowest BCUT2D eigenvalue weighted by molar-refractivity contribution is 0.424. The van der Waals surface area contributed by atoms with Crippen LogP contribution >= 0.6 is 11.8 Å². The van der Waals surface area contributed by atoms with Crippen LogP contribution in [0, 0.1) is 0 Å². The average molecular weight is 277 g/mol. The zero-order valence-corrected chi connectivity index (χ0v) is 13.4. The lowest BCUT2D eigenvalue weighted by atomic mass is 10.0. The molecule has 0 heterocycles. The summed E-state index contributed by atoms with van der Waals surface area (Å²) in [5.74, 6) is 0. The molecule has 106 valence electrons. The van der Waals surface area contributed by atoms with Crippen LogP contribution in [0.4, 0.5) is 0 Å². The van der Waals surface area contributed by atoms with E-state index in [-0.39, 0.29) is 5.54 Å². The second kappa shape index (κ2) is 6.81. The van der Waals surface area contributed by atoms with E-state index in [1.807, 2.05) is 0 Å². The highest BCUT2D eigenvalue weighted by atomic mass is 32.2. The van der Waals surface area contributed by atoms with Gasteiger partial charge in [0, 0.05) is 22.2 Å². The number of hydrogen-bond donors (Lipinski definition) is 1. The number of benzene rings is 1. The molecule has 0 spiro atoms. The first-order valence-corrected chi connectivity index (χ1v) is 8.41. The largest absolute Gasteiger partial charge is 0.308 e. The van der Waals surface area contributed by atoms with Gasteiger partial charge in [0.15, 0.2) is 0 Å². The Hall–Kier alpha value is -0.470. The molecule has 1 N–H and O–H groups in total. The second-order valence-electron chi connectivity index (χ2n) is 6.63. The monoisotopic (exact) mass is 277 g/mol. The van der Waals surface area contributed by atoms with Crippen molar-refractivity contribution in [3.8, 4) is 0 Å². The van der Waals surface area contributed by atoms with Gasteiger partial charge < -0.3 is 5.32 Å². The summed E-state index contributed by atoms with van der Waals surface area (Å²) in [6.07, 6.45) is 7.07. The molecule has 1 aliphatic carbocycles. The molecule has 1 saturated carbocycles. The third-order valence-corrected chi connectivity index (χ3v) is 4.91. The molecule has 0 aliphatic heterocycles. The average Bonchev–Trinajstić information content (AvgIpc) is 2.37. The fraction of sp³-hybridized carbons (Fsp3) is 0.647. The van der Waals surface area contributed by atoms with Gasteiger partial charge in [0.25, 0.3) is 0 Å². The van der Waals surface area contributed by atoms with Crippen molar-refractivity contribution in [2.45, 2.75) is 75.1 Å². The minimum absolute atomic E-state index is 0.187. The Labute approximate surface area is 122 Å². The molecule has 0 aromatic heterocycles. The van der Waals surface area contributed by atoms with Gasteiger partial charge in [-0.15, -0.1) is 11.8 Å². The lowest BCUT2D eigenvalue weighted by Gasteiger charge is -2.22. The molecule has 1 aromatic rings. The molecule has 0 radical (unpaired) electrons. The normalized spacial score (nSPS) is 17.6. The maximum Gasteiger partial charge on any atom is 0.0210 e. The molecule has 0 bridgehead atoms. The van der Waals surface area contributed by atoms with Crippen LogP contribution in [0.15, 0.2) is 29.2 Å². The molecule has 1 aromatic carbocycles. The summed E-state index contributed by atoms with van der Waals surface area (Å²) < 4.78 is 0. The number of hydrogen-bond acceptors (Lipinski definition) is 2. The molecule has 2 rings (SSSR count). The molecule has 0 unspecified atom stereocenters. The van der Waals surface area contributed by atoms with E-state index in [4.69, 9.17) is 0 Å². The van der Waals surface area contributed by atoms with Crippen LogP contribution < -0.4 is 5.32 Å². The van der Waals surface area contributed by atoms with Crippen molar-refractivity contribution in [2.24, 2.45) is 0 Å². The van der Waals surface area contributed by atoms with Crippen molar-refractivity contribution in [1.29, 1.82) is 0 Å². The number of rotatable bonds is 4. The Morgan fingerprint density at radius 2 is 1.89 bits per heavy atom. The van der Waals surface area contributed by atoms with Gasteiger partial charge in [-0.1, -0.05) is 31.4 Å². The predicted molar refractivity (Wildman–Crippen MR) is 85.8 cm³/mol. The van der Waals surface area contributed by atoms with Gasteiger partial charge >= 0.3 is 0 Å². The van der Waals surface area contributed by atoms with Gasteiger partial charge in [-0.25, -0.2) is 0 Å².